The molecule has 8 heteroatoms. The Labute approximate surface area is 185 Å². The smallest absolute Gasteiger partial charge is 0.336 e. The number of nitrogens with zero attached hydrogens (tertiary/aromatic N) is 3. The molecule has 32 heavy (non-hydrogen) atoms. The zero-order valence-corrected chi connectivity index (χ0v) is 17.5. The Bertz CT molecular complexity index is 1140. The zero-order chi connectivity index (χ0) is 22.7. The molecule has 0 bridgehead atoms. The van der Waals surface area contributed by atoms with Crippen molar-refractivity contribution in [1.29, 1.82) is 0 Å². The van der Waals surface area contributed by atoms with Gasteiger partial charge in [0.2, 0.25) is 5.91 Å². The Kier molecular flexibility index (Phi) is 6.45. The summed E-state index contributed by atoms with van der Waals surface area (Å²) in [7, 11) is 0. The van der Waals surface area contributed by atoms with Crippen LogP contribution in [0.3, 0.4) is 0 Å². The van der Waals surface area contributed by atoms with E-state index >= 15 is 0 Å². The third-order valence-corrected chi connectivity index (χ3v) is 5.68. The van der Waals surface area contributed by atoms with Crippen LogP contribution in [0.1, 0.15) is 15.9 Å². The molecule has 3 N–H and O–H groups in total. The molecule has 1 aromatic heterocycles. The first kappa shape index (κ1) is 21.9. The lowest BCUT2D eigenvalue weighted by atomic mass is 9.96. The van der Waals surface area contributed by atoms with Crippen LogP contribution in [0.25, 0.3) is 22.2 Å². The highest BCUT2D eigenvalue weighted by molar-refractivity contribution is 6.05. The molecule has 1 fully saturated rings. The quantitative estimate of drug-likeness (QED) is 0.516. The Morgan fingerprint density at radius 1 is 1.06 bits per heavy atom. The number of pyridine rings is 1. The molecule has 1 saturated heterocycles. The maximum Gasteiger partial charge on any atom is 0.336 e. The number of fused-ring (bicyclic) bond motifs is 1. The van der Waals surface area contributed by atoms with Crippen LogP contribution in [-0.2, 0) is 11.3 Å². The van der Waals surface area contributed by atoms with Crippen LogP contribution in [0.4, 0.5) is 0 Å². The van der Waals surface area contributed by atoms with Gasteiger partial charge in [0.05, 0.1) is 36.0 Å². The number of carboxylic acids is 1. The monoisotopic (exact) mass is 435 g/mol. The summed E-state index contributed by atoms with van der Waals surface area (Å²) in [4.78, 5) is 33.2. The van der Waals surface area contributed by atoms with Crippen molar-refractivity contribution in [2.45, 2.75) is 12.6 Å². The van der Waals surface area contributed by atoms with E-state index in [9.17, 15) is 19.8 Å². The number of aliphatic hydroxyl groups excluding tert-OH is 2. The molecular formula is C24H25N3O5. The number of carboxylic acid groups (broad SMARTS) is 1. The zero-order valence-electron chi connectivity index (χ0n) is 17.5. The van der Waals surface area contributed by atoms with Gasteiger partial charge in [0.25, 0.3) is 0 Å². The largest absolute Gasteiger partial charge is 0.478 e. The fourth-order valence-corrected chi connectivity index (χ4v) is 4.11. The second-order valence-electron chi connectivity index (χ2n) is 7.89. The van der Waals surface area contributed by atoms with E-state index in [0.29, 0.717) is 35.2 Å². The third-order valence-electron chi connectivity index (χ3n) is 5.68. The van der Waals surface area contributed by atoms with Gasteiger partial charge in [-0.1, -0.05) is 48.5 Å². The standard InChI is InChI=1S/C24H25N3O5/c28-15-17(29)12-27-11-10-26(14-21(27)30)13-19-22(24(31)32)18-8-4-5-9-20(18)25-23(19)16-6-2-1-3-7-16/h1-9,17,28-29H,10-15H2,(H,31,32)/t17-/m1/s1. The molecule has 4 rings (SSSR count). The Morgan fingerprint density at radius 3 is 2.47 bits per heavy atom. The van der Waals surface area contributed by atoms with Crippen molar-refractivity contribution in [2.75, 3.05) is 32.8 Å². The van der Waals surface area contributed by atoms with Gasteiger partial charge in [-0.25, -0.2) is 9.78 Å². The number of carbonyl (C=O) groups is 2. The Balaban J connectivity index is 1.72. The van der Waals surface area contributed by atoms with Crippen LogP contribution in [-0.4, -0.2) is 80.9 Å². The number of carbonyl (C=O) groups excluding carboxylic acids is 1. The van der Waals surface area contributed by atoms with Gasteiger partial charge < -0.3 is 20.2 Å². The fourth-order valence-electron chi connectivity index (χ4n) is 4.11. The minimum Gasteiger partial charge on any atom is -0.478 e. The van der Waals surface area contributed by atoms with E-state index < -0.39 is 18.7 Å². The molecule has 3 aromatic rings. The van der Waals surface area contributed by atoms with Crippen LogP contribution in [0.15, 0.2) is 54.6 Å². The summed E-state index contributed by atoms with van der Waals surface area (Å²) in [5.74, 6) is -1.21. The van der Waals surface area contributed by atoms with Gasteiger partial charge in [0, 0.05) is 42.7 Å². The number of aliphatic hydroxyl groups is 2. The lowest BCUT2D eigenvalue weighted by Crippen LogP contribution is -2.52. The highest BCUT2D eigenvalue weighted by atomic mass is 16.4. The molecule has 0 spiro atoms. The van der Waals surface area contributed by atoms with Crippen LogP contribution in [0.5, 0.6) is 0 Å². The predicted molar refractivity (Wildman–Crippen MR) is 119 cm³/mol. The SMILES string of the molecule is O=C(O)c1c(CN2CCN(C[C@@H](O)CO)C(=O)C2)c(-c2ccccc2)nc2ccccc12. The van der Waals surface area contributed by atoms with Crippen LogP contribution >= 0.6 is 0 Å². The molecule has 1 atom stereocenters. The summed E-state index contributed by atoms with van der Waals surface area (Å²) in [6.07, 6.45) is -0.974. The number of piperazine rings is 1. The Hall–Kier alpha value is -3.33. The van der Waals surface area contributed by atoms with E-state index in [1.807, 2.05) is 41.3 Å². The fraction of sp³-hybridized carbons (Fsp3) is 0.292. The summed E-state index contributed by atoms with van der Waals surface area (Å²) in [5.41, 5.74) is 2.77. The van der Waals surface area contributed by atoms with Gasteiger partial charge >= 0.3 is 5.97 Å². The average molecular weight is 435 g/mol. The van der Waals surface area contributed by atoms with Crippen molar-refractivity contribution < 1.29 is 24.9 Å². The third kappa shape index (κ3) is 4.47. The van der Waals surface area contributed by atoms with E-state index in [1.54, 1.807) is 18.2 Å². The van der Waals surface area contributed by atoms with Crippen molar-refractivity contribution in [3.8, 4) is 11.3 Å². The number of para-hydroxylation sites is 1. The van der Waals surface area contributed by atoms with Gasteiger partial charge in [0.1, 0.15) is 0 Å². The Morgan fingerprint density at radius 2 is 1.78 bits per heavy atom. The van der Waals surface area contributed by atoms with Crippen LogP contribution in [0, 0.1) is 0 Å². The van der Waals surface area contributed by atoms with Crippen molar-refractivity contribution >= 4 is 22.8 Å². The minimum absolute atomic E-state index is 0.0797. The molecule has 0 unspecified atom stereocenters. The van der Waals surface area contributed by atoms with Crippen LogP contribution < -0.4 is 0 Å². The maximum atomic E-state index is 12.6. The number of aromatic carboxylic acids is 1. The predicted octanol–water partition coefficient (Wildman–Crippen LogP) is 1.60. The van der Waals surface area contributed by atoms with E-state index in [4.69, 9.17) is 10.1 Å². The van der Waals surface area contributed by atoms with Crippen molar-refractivity contribution in [3.05, 3.63) is 65.7 Å². The molecule has 166 valence electrons. The first-order chi connectivity index (χ1) is 15.5. The molecule has 1 aliphatic rings. The second-order valence-corrected chi connectivity index (χ2v) is 7.89. The summed E-state index contributed by atoms with van der Waals surface area (Å²) in [6, 6.07) is 16.6. The lowest BCUT2D eigenvalue weighted by Gasteiger charge is -2.35. The van der Waals surface area contributed by atoms with Gasteiger partial charge in [-0.2, -0.15) is 0 Å². The normalized spacial score (nSPS) is 15.8. The number of aromatic nitrogens is 1. The molecule has 1 aliphatic heterocycles. The average Bonchev–Trinajstić information content (AvgIpc) is 2.80. The molecule has 0 aliphatic carbocycles. The molecule has 1 amide bonds. The summed E-state index contributed by atoms with van der Waals surface area (Å²) < 4.78 is 0. The first-order valence-corrected chi connectivity index (χ1v) is 10.5. The van der Waals surface area contributed by atoms with Gasteiger partial charge in [-0.15, -0.1) is 0 Å². The van der Waals surface area contributed by atoms with Crippen molar-refractivity contribution in [1.82, 2.24) is 14.8 Å². The van der Waals surface area contributed by atoms with Gasteiger partial charge in [-0.3, -0.25) is 9.69 Å². The first-order valence-electron chi connectivity index (χ1n) is 10.5. The number of rotatable bonds is 7. The van der Waals surface area contributed by atoms with E-state index in [2.05, 4.69) is 0 Å². The minimum atomic E-state index is -1.04. The number of amides is 1. The molecule has 2 aromatic carbocycles. The van der Waals surface area contributed by atoms with Gasteiger partial charge in [-0.05, 0) is 6.07 Å². The number of hydrogen-bond donors (Lipinski definition) is 3. The van der Waals surface area contributed by atoms with E-state index in [-0.39, 0.29) is 31.1 Å². The molecule has 0 saturated carbocycles. The molecular weight excluding hydrogens is 410 g/mol. The highest BCUT2D eigenvalue weighted by Gasteiger charge is 2.28. The number of benzene rings is 2. The van der Waals surface area contributed by atoms with E-state index in [1.165, 1.54) is 4.90 Å². The summed E-state index contributed by atoms with van der Waals surface area (Å²) in [5, 5.41) is 29.4. The topological polar surface area (TPSA) is 114 Å². The summed E-state index contributed by atoms with van der Waals surface area (Å²) >= 11 is 0. The summed E-state index contributed by atoms with van der Waals surface area (Å²) in [6.45, 7) is 0.934. The van der Waals surface area contributed by atoms with Gasteiger partial charge in [0.15, 0.2) is 0 Å². The molecule has 8 nitrogen and oxygen atoms in total. The highest BCUT2D eigenvalue weighted by Crippen LogP contribution is 2.31. The number of β-amino-alcohol motifs (C(OH)–C–C–N with tert-alkyl or cyclic N) is 1. The number of hydrogen-bond acceptors (Lipinski definition) is 6. The lowest BCUT2D eigenvalue weighted by molar-refractivity contribution is -0.138. The van der Waals surface area contributed by atoms with Crippen LogP contribution in [0.2, 0.25) is 0 Å². The van der Waals surface area contributed by atoms with Crippen molar-refractivity contribution in [2.24, 2.45) is 0 Å². The van der Waals surface area contributed by atoms with Crippen molar-refractivity contribution in [3.63, 3.8) is 0 Å². The maximum absolute atomic E-state index is 12.6. The molecule has 0 radical (unpaired) electrons. The molecule has 2 heterocycles. The second kappa shape index (κ2) is 9.44. The van der Waals surface area contributed by atoms with E-state index in [0.717, 1.165) is 5.56 Å².